The Kier molecular flexibility index (Phi) is 5.48. The van der Waals surface area contributed by atoms with Gasteiger partial charge in [-0.3, -0.25) is 0 Å². The molecule has 0 spiro atoms. The van der Waals surface area contributed by atoms with E-state index >= 15 is 0 Å². The summed E-state index contributed by atoms with van der Waals surface area (Å²) in [5, 5.41) is 3.83. The van der Waals surface area contributed by atoms with Gasteiger partial charge < -0.3 is 14.3 Å². The highest BCUT2D eigenvalue weighted by molar-refractivity contribution is 6.31. The molecule has 1 fully saturated rings. The van der Waals surface area contributed by atoms with Crippen molar-refractivity contribution in [2.75, 3.05) is 13.2 Å². The zero-order chi connectivity index (χ0) is 19.3. The van der Waals surface area contributed by atoms with Crippen LogP contribution >= 0.6 is 0 Å². The van der Waals surface area contributed by atoms with Crippen LogP contribution in [0.1, 0.15) is 30.4 Å². The molecule has 0 aliphatic carbocycles. The molecular weight excluding hydrogens is 361 g/mol. The Morgan fingerprint density at radius 3 is 2.61 bits per heavy atom. The van der Waals surface area contributed by atoms with Crippen molar-refractivity contribution in [2.45, 2.75) is 25.4 Å². The minimum atomic E-state index is -0.533. The van der Waals surface area contributed by atoms with E-state index in [4.69, 9.17) is 14.3 Å². The maximum atomic E-state index is 13.1. The first-order valence-corrected chi connectivity index (χ1v) is 9.31. The van der Waals surface area contributed by atoms with Gasteiger partial charge in [0.15, 0.2) is 0 Å². The van der Waals surface area contributed by atoms with Gasteiger partial charge in [-0.25, -0.2) is 9.18 Å². The van der Waals surface area contributed by atoms with Gasteiger partial charge in [-0.15, -0.1) is 0 Å². The molecule has 0 aromatic heterocycles. The van der Waals surface area contributed by atoms with Crippen molar-refractivity contribution in [3.8, 4) is 5.75 Å². The summed E-state index contributed by atoms with van der Waals surface area (Å²) in [4.78, 5) is 16.9. The molecule has 0 saturated carbocycles. The lowest BCUT2D eigenvalue weighted by Crippen LogP contribution is -2.25. The van der Waals surface area contributed by atoms with Crippen molar-refractivity contribution < 1.29 is 23.5 Å². The van der Waals surface area contributed by atoms with Crippen LogP contribution in [0.3, 0.4) is 0 Å². The fourth-order valence-electron chi connectivity index (χ4n) is 3.18. The maximum absolute atomic E-state index is 13.1. The predicted octanol–water partition coefficient (Wildman–Crippen LogP) is 4.12. The largest absolute Gasteiger partial charge is 0.491 e. The SMILES string of the molecule is O=C1ON=C(c2ccc(F)cc2)/C1=C/c1ccc(OCC2CCCCO2)cc1. The van der Waals surface area contributed by atoms with E-state index in [9.17, 15) is 9.18 Å². The van der Waals surface area contributed by atoms with Crippen molar-refractivity contribution in [2.24, 2.45) is 5.16 Å². The van der Waals surface area contributed by atoms with Gasteiger partial charge in [0.05, 0.1) is 11.7 Å². The second-order valence-electron chi connectivity index (χ2n) is 6.75. The molecule has 6 heteroatoms. The monoisotopic (exact) mass is 381 g/mol. The lowest BCUT2D eigenvalue weighted by Gasteiger charge is -2.22. The highest BCUT2D eigenvalue weighted by atomic mass is 19.1. The molecule has 2 aliphatic heterocycles. The van der Waals surface area contributed by atoms with Crippen molar-refractivity contribution in [3.05, 3.63) is 71.0 Å². The summed E-state index contributed by atoms with van der Waals surface area (Å²) in [6.45, 7) is 1.34. The summed E-state index contributed by atoms with van der Waals surface area (Å²) in [6.07, 6.45) is 5.17. The second-order valence-corrected chi connectivity index (χ2v) is 6.75. The first-order chi connectivity index (χ1) is 13.7. The number of halogens is 1. The maximum Gasteiger partial charge on any atom is 0.368 e. The summed E-state index contributed by atoms with van der Waals surface area (Å²) < 4.78 is 24.6. The van der Waals surface area contributed by atoms with Gasteiger partial charge in [-0.05, 0) is 67.3 Å². The number of nitrogens with zero attached hydrogens (tertiary/aromatic N) is 1. The summed E-state index contributed by atoms with van der Waals surface area (Å²) >= 11 is 0. The van der Waals surface area contributed by atoms with E-state index < -0.39 is 5.97 Å². The first-order valence-electron chi connectivity index (χ1n) is 9.31. The normalized spacial score (nSPS) is 20.8. The lowest BCUT2D eigenvalue weighted by molar-refractivity contribution is -0.136. The molecule has 2 heterocycles. The van der Waals surface area contributed by atoms with Crippen LogP contribution in [0.15, 0.2) is 59.3 Å². The predicted molar refractivity (Wildman–Crippen MR) is 103 cm³/mol. The van der Waals surface area contributed by atoms with Crippen LogP contribution in [0.5, 0.6) is 5.75 Å². The van der Waals surface area contributed by atoms with Crippen molar-refractivity contribution in [1.29, 1.82) is 0 Å². The number of rotatable bonds is 5. The Hall–Kier alpha value is -2.99. The summed E-state index contributed by atoms with van der Waals surface area (Å²) in [7, 11) is 0. The minimum absolute atomic E-state index is 0.151. The highest BCUT2D eigenvalue weighted by Crippen LogP contribution is 2.23. The molecule has 1 atom stereocenters. The number of hydrogen-bond donors (Lipinski definition) is 0. The lowest BCUT2D eigenvalue weighted by atomic mass is 10.0. The average molecular weight is 381 g/mol. The number of hydrogen-bond acceptors (Lipinski definition) is 5. The molecule has 1 unspecified atom stereocenters. The Morgan fingerprint density at radius 1 is 1.11 bits per heavy atom. The smallest absolute Gasteiger partial charge is 0.368 e. The zero-order valence-electron chi connectivity index (χ0n) is 15.3. The van der Waals surface area contributed by atoms with Gasteiger partial charge in [0.25, 0.3) is 0 Å². The molecule has 1 saturated heterocycles. The fraction of sp³-hybridized carbons (Fsp3) is 0.273. The van der Waals surface area contributed by atoms with Crippen LogP contribution in [0.2, 0.25) is 0 Å². The molecule has 2 aliphatic rings. The van der Waals surface area contributed by atoms with Crippen molar-refractivity contribution in [3.63, 3.8) is 0 Å². The molecule has 0 N–H and O–H groups in total. The van der Waals surface area contributed by atoms with E-state index in [-0.39, 0.29) is 11.9 Å². The van der Waals surface area contributed by atoms with E-state index in [0.29, 0.717) is 23.5 Å². The molecule has 4 rings (SSSR count). The highest BCUT2D eigenvalue weighted by Gasteiger charge is 2.26. The molecule has 0 bridgehead atoms. The third-order valence-electron chi connectivity index (χ3n) is 4.71. The Morgan fingerprint density at radius 2 is 1.89 bits per heavy atom. The summed E-state index contributed by atoms with van der Waals surface area (Å²) in [5.74, 6) is -0.138. The summed E-state index contributed by atoms with van der Waals surface area (Å²) in [6, 6.07) is 13.2. The molecule has 5 nitrogen and oxygen atoms in total. The van der Waals surface area contributed by atoms with Crippen molar-refractivity contribution >= 4 is 17.8 Å². The van der Waals surface area contributed by atoms with Gasteiger partial charge in [0, 0.05) is 12.2 Å². The number of ether oxygens (including phenoxy) is 2. The number of carbonyl (C=O) groups excluding carboxylic acids is 1. The van der Waals surface area contributed by atoms with E-state index in [1.165, 1.54) is 18.6 Å². The standard InChI is InChI=1S/C22H20FNO4/c23-17-8-6-16(7-9-17)21-20(22(25)28-24-21)13-15-4-10-18(11-5-15)27-14-19-3-1-2-12-26-19/h4-11,13,19H,1-3,12,14H2/b20-13-. The van der Waals surface area contributed by atoms with E-state index in [0.717, 1.165) is 30.8 Å². The molecular formula is C22H20FNO4. The molecule has 0 amide bonds. The first kappa shape index (κ1) is 18.4. The van der Waals surface area contributed by atoms with Gasteiger partial charge >= 0.3 is 5.97 Å². The zero-order valence-corrected chi connectivity index (χ0v) is 15.3. The van der Waals surface area contributed by atoms with E-state index in [1.807, 2.05) is 24.3 Å². The quantitative estimate of drug-likeness (QED) is 0.578. The van der Waals surface area contributed by atoms with E-state index in [2.05, 4.69) is 5.16 Å². The van der Waals surface area contributed by atoms with Crippen LogP contribution in [0.4, 0.5) is 4.39 Å². The number of benzene rings is 2. The van der Waals surface area contributed by atoms with Gasteiger partial charge in [-0.2, -0.15) is 0 Å². The Labute approximate surface area is 162 Å². The molecule has 144 valence electrons. The minimum Gasteiger partial charge on any atom is -0.491 e. The number of carbonyl (C=O) groups is 1. The van der Waals surface area contributed by atoms with Crippen LogP contribution in [-0.2, 0) is 14.4 Å². The van der Waals surface area contributed by atoms with Gasteiger partial charge in [0.2, 0.25) is 0 Å². The van der Waals surface area contributed by atoms with Gasteiger partial charge in [-0.1, -0.05) is 17.3 Å². The van der Waals surface area contributed by atoms with Crippen LogP contribution in [-0.4, -0.2) is 31.0 Å². The Bertz CT molecular complexity index is 897. The van der Waals surface area contributed by atoms with Crippen LogP contribution < -0.4 is 4.74 Å². The van der Waals surface area contributed by atoms with Gasteiger partial charge in [0.1, 0.15) is 23.9 Å². The summed E-state index contributed by atoms with van der Waals surface area (Å²) in [5.41, 5.74) is 2.14. The molecule has 28 heavy (non-hydrogen) atoms. The molecule has 2 aromatic rings. The van der Waals surface area contributed by atoms with Crippen LogP contribution in [0, 0.1) is 5.82 Å². The van der Waals surface area contributed by atoms with Crippen LogP contribution in [0.25, 0.3) is 6.08 Å². The molecule has 2 aromatic carbocycles. The average Bonchev–Trinajstić information content (AvgIpc) is 3.09. The second kappa shape index (κ2) is 8.35. The molecule has 0 radical (unpaired) electrons. The fourth-order valence-corrected chi connectivity index (χ4v) is 3.18. The third kappa shape index (κ3) is 4.28. The topological polar surface area (TPSA) is 57.1 Å². The van der Waals surface area contributed by atoms with E-state index in [1.54, 1.807) is 18.2 Å². The third-order valence-corrected chi connectivity index (χ3v) is 4.71. The van der Waals surface area contributed by atoms with Crippen molar-refractivity contribution in [1.82, 2.24) is 0 Å². The number of oxime groups is 1. The Balaban J connectivity index is 1.45.